The van der Waals surface area contributed by atoms with E-state index in [2.05, 4.69) is 5.10 Å². The zero-order valence-electron chi connectivity index (χ0n) is 14.9. The molecule has 136 valence electrons. The molecule has 0 radical (unpaired) electrons. The number of hydrogen-bond donors (Lipinski definition) is 3. The van der Waals surface area contributed by atoms with Gasteiger partial charge in [-0.3, -0.25) is 9.48 Å². The largest absolute Gasteiger partial charge is 0.384 e. The zero-order chi connectivity index (χ0) is 18.6. The number of benzene rings is 1. The van der Waals surface area contributed by atoms with Crippen molar-refractivity contribution in [3.63, 3.8) is 0 Å². The third-order valence-electron chi connectivity index (χ3n) is 3.95. The second-order valence-corrected chi connectivity index (χ2v) is 6.33. The summed E-state index contributed by atoms with van der Waals surface area (Å²) in [6.07, 6.45) is 1.79. The average molecular weight is 346 g/mol. The molecule has 0 aliphatic heterocycles. The fourth-order valence-corrected chi connectivity index (χ4v) is 2.49. The summed E-state index contributed by atoms with van der Waals surface area (Å²) in [7, 11) is 0. The average Bonchev–Trinajstić information content (AvgIpc) is 3.04. The van der Waals surface area contributed by atoms with Crippen LogP contribution in [0.1, 0.15) is 36.8 Å². The van der Waals surface area contributed by atoms with E-state index >= 15 is 0 Å². The summed E-state index contributed by atoms with van der Waals surface area (Å²) in [5, 5.41) is 15.3. The van der Waals surface area contributed by atoms with Crippen LogP contribution in [0.5, 0.6) is 0 Å². The lowest BCUT2D eigenvalue weighted by Gasteiger charge is -2.23. The lowest BCUT2D eigenvalue weighted by molar-refractivity contribution is 0.0715. The van der Waals surface area contributed by atoms with Gasteiger partial charge in [0.2, 0.25) is 0 Å². The fourth-order valence-electron chi connectivity index (χ4n) is 2.49. The van der Waals surface area contributed by atoms with Gasteiger partial charge in [0.15, 0.2) is 0 Å². The number of nitrogens with two attached hydrogens (primary N) is 2. The number of anilines is 1. The van der Waals surface area contributed by atoms with Crippen molar-refractivity contribution in [2.75, 3.05) is 18.2 Å². The molecule has 8 nitrogen and oxygen atoms in total. The molecule has 0 aliphatic carbocycles. The summed E-state index contributed by atoms with van der Waals surface area (Å²) in [6.45, 7) is 6.82. The summed E-state index contributed by atoms with van der Waals surface area (Å²) >= 11 is 0. The Bertz CT molecular complexity index is 720. The van der Waals surface area contributed by atoms with Crippen LogP contribution in [-0.4, -0.2) is 38.8 Å². The predicted octanol–water partition coefficient (Wildman–Crippen LogP) is 0.827. The van der Waals surface area contributed by atoms with Gasteiger partial charge in [-0.05, 0) is 39.0 Å². The summed E-state index contributed by atoms with van der Waals surface area (Å²) in [5.74, 6) is 11.1. The summed E-state index contributed by atoms with van der Waals surface area (Å²) in [4.78, 5) is 14.5. The maximum atomic E-state index is 12.8. The summed E-state index contributed by atoms with van der Waals surface area (Å²) < 4.78 is 1.72. The molecule has 2 aromatic rings. The van der Waals surface area contributed by atoms with Gasteiger partial charge in [0, 0.05) is 19.3 Å². The van der Waals surface area contributed by atoms with Crippen molar-refractivity contribution in [2.45, 2.75) is 32.9 Å². The van der Waals surface area contributed by atoms with Gasteiger partial charge in [0.1, 0.15) is 5.60 Å². The molecule has 0 fully saturated rings. The second-order valence-electron chi connectivity index (χ2n) is 6.33. The van der Waals surface area contributed by atoms with Crippen molar-refractivity contribution in [3.05, 3.63) is 47.8 Å². The predicted molar refractivity (Wildman–Crippen MR) is 96.3 cm³/mol. The van der Waals surface area contributed by atoms with Gasteiger partial charge in [-0.2, -0.15) is 5.10 Å². The number of carbonyl (C=O) groups is 1. The molecule has 0 saturated carbocycles. The smallest absolute Gasteiger partial charge is 0.256 e. The SMILES string of the molecule is CCN(CCn1ccc(C(C)(C)O)n1)C(=O)c1ccccc1N(N)N. The second kappa shape index (κ2) is 7.64. The van der Waals surface area contributed by atoms with Crippen LogP contribution in [0.15, 0.2) is 36.5 Å². The highest BCUT2D eigenvalue weighted by atomic mass is 16.3. The lowest BCUT2D eigenvalue weighted by Crippen LogP contribution is -2.41. The molecule has 25 heavy (non-hydrogen) atoms. The Morgan fingerprint density at radius 2 is 1.96 bits per heavy atom. The Balaban J connectivity index is 2.10. The molecule has 1 aromatic carbocycles. The number of carbonyl (C=O) groups excluding carboxylic acids is 1. The number of aromatic nitrogens is 2. The number of hydrazine groups is 2. The normalized spacial score (nSPS) is 11.4. The molecule has 0 aliphatic rings. The van der Waals surface area contributed by atoms with E-state index in [1.54, 1.807) is 60.0 Å². The molecular weight excluding hydrogens is 320 g/mol. The molecule has 0 unspecified atom stereocenters. The van der Waals surface area contributed by atoms with Crippen molar-refractivity contribution in [1.29, 1.82) is 0 Å². The highest BCUT2D eigenvalue weighted by molar-refractivity contribution is 5.99. The van der Waals surface area contributed by atoms with Crippen LogP contribution in [0.25, 0.3) is 0 Å². The van der Waals surface area contributed by atoms with Crippen molar-refractivity contribution in [3.8, 4) is 0 Å². The maximum absolute atomic E-state index is 12.8. The van der Waals surface area contributed by atoms with Gasteiger partial charge in [-0.25, -0.2) is 16.8 Å². The molecule has 8 heteroatoms. The molecule has 1 heterocycles. The standard InChI is InChI=1S/C17H26N6O2/c1-4-21(11-12-22-10-9-15(20-22)17(2,3)25)16(24)13-7-5-6-8-14(13)23(18)19/h5-10,25H,4,11-12,18-19H2,1-3H3. The van der Waals surface area contributed by atoms with Crippen molar-refractivity contribution in [2.24, 2.45) is 11.7 Å². The number of likely N-dealkylation sites (N-methyl/N-ethyl adjacent to an activating group) is 1. The van der Waals surface area contributed by atoms with Gasteiger partial charge in [0.25, 0.3) is 5.91 Å². The Labute approximate surface area is 147 Å². The minimum atomic E-state index is -0.990. The summed E-state index contributed by atoms with van der Waals surface area (Å²) in [5.41, 5.74) is 0.520. The highest BCUT2D eigenvalue weighted by Crippen LogP contribution is 2.19. The number of aliphatic hydroxyl groups is 1. The van der Waals surface area contributed by atoms with E-state index in [1.807, 2.05) is 6.92 Å². The molecule has 0 atom stereocenters. The first-order chi connectivity index (χ1) is 11.7. The van der Waals surface area contributed by atoms with Gasteiger partial charge >= 0.3 is 0 Å². The molecule has 0 saturated heterocycles. The number of rotatable bonds is 7. The van der Waals surface area contributed by atoms with Crippen LogP contribution >= 0.6 is 0 Å². The van der Waals surface area contributed by atoms with Crippen LogP contribution in [0.4, 0.5) is 5.69 Å². The third-order valence-corrected chi connectivity index (χ3v) is 3.95. The molecular formula is C17H26N6O2. The van der Waals surface area contributed by atoms with E-state index in [9.17, 15) is 9.90 Å². The van der Waals surface area contributed by atoms with Crippen LogP contribution in [0.3, 0.4) is 0 Å². The van der Waals surface area contributed by atoms with E-state index in [1.165, 1.54) is 0 Å². The summed E-state index contributed by atoms with van der Waals surface area (Å²) in [6, 6.07) is 8.72. The molecule has 0 spiro atoms. The number of para-hydroxylation sites is 1. The van der Waals surface area contributed by atoms with Crippen LogP contribution in [0, 0.1) is 0 Å². The Kier molecular flexibility index (Phi) is 5.78. The highest BCUT2D eigenvalue weighted by Gasteiger charge is 2.21. The molecule has 1 amide bonds. The van der Waals surface area contributed by atoms with E-state index in [0.717, 1.165) is 5.12 Å². The number of amides is 1. The van der Waals surface area contributed by atoms with Crippen LogP contribution in [0.2, 0.25) is 0 Å². The van der Waals surface area contributed by atoms with Gasteiger partial charge in [-0.15, -0.1) is 0 Å². The van der Waals surface area contributed by atoms with Gasteiger partial charge in [0.05, 0.1) is 23.5 Å². The third kappa shape index (κ3) is 4.56. The Morgan fingerprint density at radius 1 is 1.28 bits per heavy atom. The van der Waals surface area contributed by atoms with E-state index in [0.29, 0.717) is 36.6 Å². The molecule has 2 rings (SSSR count). The van der Waals surface area contributed by atoms with Crippen molar-refractivity contribution >= 4 is 11.6 Å². The number of hydrogen-bond acceptors (Lipinski definition) is 6. The molecule has 1 aromatic heterocycles. The van der Waals surface area contributed by atoms with Crippen molar-refractivity contribution < 1.29 is 9.90 Å². The Hall–Kier alpha value is -2.42. The fraction of sp³-hybridized carbons (Fsp3) is 0.412. The van der Waals surface area contributed by atoms with E-state index in [-0.39, 0.29) is 5.91 Å². The van der Waals surface area contributed by atoms with Crippen molar-refractivity contribution in [1.82, 2.24) is 14.7 Å². The minimum Gasteiger partial charge on any atom is -0.384 e. The topological polar surface area (TPSA) is 114 Å². The first-order valence-corrected chi connectivity index (χ1v) is 8.18. The van der Waals surface area contributed by atoms with Gasteiger partial charge in [-0.1, -0.05) is 12.1 Å². The Morgan fingerprint density at radius 3 is 2.52 bits per heavy atom. The van der Waals surface area contributed by atoms with E-state index < -0.39 is 5.60 Å². The lowest BCUT2D eigenvalue weighted by atomic mass is 10.1. The van der Waals surface area contributed by atoms with Crippen LogP contribution < -0.4 is 16.8 Å². The maximum Gasteiger partial charge on any atom is 0.256 e. The van der Waals surface area contributed by atoms with E-state index in [4.69, 9.17) is 11.7 Å². The number of nitrogens with zero attached hydrogens (tertiary/aromatic N) is 4. The first-order valence-electron chi connectivity index (χ1n) is 8.18. The van der Waals surface area contributed by atoms with Crippen LogP contribution in [-0.2, 0) is 12.1 Å². The monoisotopic (exact) mass is 346 g/mol. The molecule has 0 bridgehead atoms. The zero-order valence-corrected chi connectivity index (χ0v) is 14.9. The molecule has 5 N–H and O–H groups in total. The first kappa shape index (κ1) is 18.9. The minimum absolute atomic E-state index is 0.145. The van der Waals surface area contributed by atoms with Gasteiger partial charge < -0.3 is 10.0 Å². The quantitative estimate of drug-likeness (QED) is 0.505.